The summed E-state index contributed by atoms with van der Waals surface area (Å²) in [5, 5.41) is 20.0. The van der Waals surface area contributed by atoms with E-state index in [1.807, 2.05) is 86.3 Å². The van der Waals surface area contributed by atoms with Crippen LogP contribution in [0.4, 0.5) is 11.5 Å². The fraction of sp³-hybridized carbons (Fsp3) is 0.357. The molecule has 2 heterocycles. The minimum atomic E-state index is -0.723. The van der Waals surface area contributed by atoms with Crippen LogP contribution in [0.25, 0.3) is 11.1 Å². The molecule has 1 aliphatic rings. The van der Waals surface area contributed by atoms with Crippen molar-refractivity contribution in [1.82, 2.24) is 4.98 Å². The smallest absolute Gasteiger partial charge is 0.236 e. The van der Waals surface area contributed by atoms with Crippen LogP contribution >= 0.6 is 0 Å². The lowest BCUT2D eigenvalue weighted by atomic mass is 9.83. The van der Waals surface area contributed by atoms with Gasteiger partial charge < -0.3 is 20.0 Å². The lowest BCUT2D eigenvalue weighted by Gasteiger charge is -2.32. The number of aromatic nitrogens is 1. The normalized spacial score (nSPS) is 18.2. The number of nitrogens with zero attached hydrogens (tertiary/aromatic N) is 3. The molecule has 2 atom stereocenters. The van der Waals surface area contributed by atoms with Crippen LogP contribution in [-0.4, -0.2) is 53.4 Å². The molecule has 0 aliphatic carbocycles. The van der Waals surface area contributed by atoms with E-state index in [0.29, 0.717) is 24.5 Å². The summed E-state index contributed by atoms with van der Waals surface area (Å²) in [7, 11) is 1.79. The van der Waals surface area contributed by atoms with Gasteiger partial charge in [-0.2, -0.15) is 0 Å². The van der Waals surface area contributed by atoms with Crippen molar-refractivity contribution in [1.29, 1.82) is 0 Å². The first-order chi connectivity index (χ1) is 16.2. The van der Waals surface area contributed by atoms with Gasteiger partial charge in [-0.1, -0.05) is 54.6 Å². The van der Waals surface area contributed by atoms with Crippen molar-refractivity contribution in [3.05, 3.63) is 78.0 Å². The van der Waals surface area contributed by atoms with Crippen LogP contribution in [0.5, 0.6) is 0 Å². The molecule has 178 valence electrons. The van der Waals surface area contributed by atoms with Gasteiger partial charge in [-0.15, -0.1) is 0 Å². The van der Waals surface area contributed by atoms with E-state index in [4.69, 9.17) is 0 Å². The molecular formula is C28H33N3O3. The van der Waals surface area contributed by atoms with E-state index in [1.165, 1.54) is 0 Å². The van der Waals surface area contributed by atoms with Crippen molar-refractivity contribution in [3.63, 3.8) is 0 Å². The van der Waals surface area contributed by atoms with Crippen LogP contribution in [0.1, 0.15) is 31.4 Å². The molecule has 1 saturated heterocycles. The van der Waals surface area contributed by atoms with Crippen LogP contribution in [0, 0.1) is 6.92 Å². The molecule has 3 aromatic rings. The molecule has 6 nitrogen and oxygen atoms in total. The molecule has 4 rings (SSSR count). The second-order valence-electron chi connectivity index (χ2n) is 9.61. The number of amides is 1. The highest BCUT2D eigenvalue weighted by atomic mass is 16.3. The zero-order valence-electron chi connectivity index (χ0n) is 20.3. The largest absolute Gasteiger partial charge is 0.394 e. The Hall–Kier alpha value is -3.22. The van der Waals surface area contributed by atoms with Gasteiger partial charge in [0.2, 0.25) is 5.91 Å². The lowest BCUT2D eigenvalue weighted by Crippen LogP contribution is -2.41. The van der Waals surface area contributed by atoms with Gasteiger partial charge in [0.15, 0.2) is 0 Å². The monoisotopic (exact) mass is 459 g/mol. The summed E-state index contributed by atoms with van der Waals surface area (Å²) in [6, 6.07) is 19.6. The highest BCUT2D eigenvalue weighted by Crippen LogP contribution is 2.38. The molecule has 1 fully saturated rings. The summed E-state index contributed by atoms with van der Waals surface area (Å²) in [6.45, 7) is 6.29. The van der Waals surface area contributed by atoms with Gasteiger partial charge in [-0.25, -0.2) is 4.98 Å². The van der Waals surface area contributed by atoms with Crippen molar-refractivity contribution in [3.8, 4) is 11.1 Å². The van der Waals surface area contributed by atoms with Crippen molar-refractivity contribution in [2.75, 3.05) is 30.0 Å². The molecule has 0 bridgehead atoms. The van der Waals surface area contributed by atoms with Crippen molar-refractivity contribution in [2.24, 2.45) is 0 Å². The molecule has 2 N–H and O–H groups in total. The van der Waals surface area contributed by atoms with Crippen LogP contribution < -0.4 is 9.80 Å². The van der Waals surface area contributed by atoms with E-state index < -0.39 is 11.5 Å². The van der Waals surface area contributed by atoms with E-state index >= 15 is 0 Å². The third-order valence-electron chi connectivity index (χ3n) is 6.90. The number of pyridine rings is 1. The summed E-state index contributed by atoms with van der Waals surface area (Å²) in [5.41, 5.74) is 3.93. The summed E-state index contributed by atoms with van der Waals surface area (Å²) in [4.78, 5) is 22.1. The standard InChI is InChI=1S/C28H33N3O3/c1-19-10-8-9-13-23(19)24-15-26(31-17-22(33)14-21(31)18-32)29-16-25(24)30(4)27(34)28(2,3)20-11-6-5-7-12-20/h5-13,15-16,21-22,32-33H,14,17-18H2,1-4H3. The van der Waals surface area contributed by atoms with E-state index in [2.05, 4.69) is 4.98 Å². The van der Waals surface area contributed by atoms with Gasteiger partial charge in [0, 0.05) is 19.2 Å². The molecule has 34 heavy (non-hydrogen) atoms. The summed E-state index contributed by atoms with van der Waals surface area (Å²) in [6.07, 6.45) is 1.73. The number of rotatable bonds is 6. The fourth-order valence-corrected chi connectivity index (χ4v) is 4.80. The highest BCUT2D eigenvalue weighted by Gasteiger charge is 2.35. The second-order valence-corrected chi connectivity index (χ2v) is 9.61. The highest BCUT2D eigenvalue weighted by molar-refractivity contribution is 6.03. The van der Waals surface area contributed by atoms with Gasteiger partial charge in [-0.3, -0.25) is 4.79 Å². The number of carbonyl (C=O) groups excluding carboxylic acids is 1. The number of anilines is 2. The Morgan fingerprint density at radius 3 is 2.47 bits per heavy atom. The average Bonchev–Trinajstić information content (AvgIpc) is 3.24. The summed E-state index contributed by atoms with van der Waals surface area (Å²) in [5.74, 6) is 0.647. The minimum absolute atomic E-state index is 0.0343. The first kappa shape index (κ1) is 23.9. The summed E-state index contributed by atoms with van der Waals surface area (Å²) < 4.78 is 0. The van der Waals surface area contributed by atoms with Gasteiger partial charge in [-0.05, 0) is 49.9 Å². The minimum Gasteiger partial charge on any atom is -0.394 e. The summed E-state index contributed by atoms with van der Waals surface area (Å²) >= 11 is 0. The Bertz CT molecular complexity index is 1160. The maximum absolute atomic E-state index is 13.7. The average molecular weight is 460 g/mol. The Morgan fingerprint density at radius 1 is 1.12 bits per heavy atom. The van der Waals surface area contributed by atoms with Gasteiger partial charge in [0.05, 0.1) is 36.1 Å². The van der Waals surface area contributed by atoms with E-state index in [9.17, 15) is 15.0 Å². The molecule has 1 aromatic heterocycles. The van der Waals surface area contributed by atoms with Crippen LogP contribution in [0.15, 0.2) is 66.9 Å². The molecule has 2 unspecified atom stereocenters. The number of hydrogen-bond donors (Lipinski definition) is 2. The molecule has 6 heteroatoms. The molecule has 0 spiro atoms. The molecular weight excluding hydrogens is 426 g/mol. The topological polar surface area (TPSA) is 76.9 Å². The maximum atomic E-state index is 13.7. The Kier molecular flexibility index (Phi) is 6.73. The van der Waals surface area contributed by atoms with Crippen molar-refractivity contribution in [2.45, 2.75) is 44.8 Å². The first-order valence-electron chi connectivity index (χ1n) is 11.7. The number of aliphatic hydroxyl groups excluding tert-OH is 2. The Morgan fingerprint density at radius 2 is 1.79 bits per heavy atom. The molecule has 1 amide bonds. The third-order valence-corrected chi connectivity index (χ3v) is 6.90. The first-order valence-corrected chi connectivity index (χ1v) is 11.7. The zero-order valence-corrected chi connectivity index (χ0v) is 20.3. The van der Waals surface area contributed by atoms with Crippen LogP contribution in [0.2, 0.25) is 0 Å². The van der Waals surface area contributed by atoms with E-state index in [-0.39, 0.29) is 18.6 Å². The predicted octanol–water partition coefficient (Wildman–Crippen LogP) is 3.93. The number of carbonyl (C=O) groups is 1. The maximum Gasteiger partial charge on any atom is 0.236 e. The Labute approximate surface area is 201 Å². The molecule has 0 saturated carbocycles. The SMILES string of the molecule is Cc1ccccc1-c1cc(N2CC(O)CC2CO)ncc1N(C)C(=O)C(C)(C)c1ccccc1. The lowest BCUT2D eigenvalue weighted by molar-refractivity contribution is -0.122. The number of β-amino-alcohol motifs (C(OH)–C–C–N with tert-alkyl or cyclic N) is 1. The van der Waals surface area contributed by atoms with Crippen molar-refractivity contribution >= 4 is 17.4 Å². The van der Waals surface area contributed by atoms with E-state index in [0.717, 1.165) is 22.3 Å². The van der Waals surface area contributed by atoms with Gasteiger partial charge >= 0.3 is 0 Å². The second kappa shape index (κ2) is 9.57. The number of likely N-dealkylation sites (N-methyl/N-ethyl adjacent to an activating group) is 1. The predicted molar refractivity (Wildman–Crippen MR) is 136 cm³/mol. The van der Waals surface area contributed by atoms with Crippen molar-refractivity contribution < 1.29 is 15.0 Å². The third kappa shape index (κ3) is 4.43. The molecule has 2 aromatic carbocycles. The van der Waals surface area contributed by atoms with Crippen LogP contribution in [0.3, 0.4) is 0 Å². The van der Waals surface area contributed by atoms with Gasteiger partial charge in [0.25, 0.3) is 0 Å². The van der Waals surface area contributed by atoms with Gasteiger partial charge in [0.1, 0.15) is 5.82 Å². The number of benzene rings is 2. The number of hydrogen-bond acceptors (Lipinski definition) is 5. The number of aliphatic hydroxyl groups is 2. The van der Waals surface area contributed by atoms with E-state index in [1.54, 1.807) is 18.1 Å². The molecule has 1 aliphatic heterocycles. The van der Waals surface area contributed by atoms with Crippen LogP contribution in [-0.2, 0) is 10.2 Å². The molecule has 0 radical (unpaired) electrons. The zero-order chi connectivity index (χ0) is 24.5. The number of aryl methyl sites for hydroxylation is 1. The fourth-order valence-electron chi connectivity index (χ4n) is 4.80. The Balaban J connectivity index is 1.79. The quantitative estimate of drug-likeness (QED) is 0.584.